The zero-order valence-corrected chi connectivity index (χ0v) is 27.4. The van der Waals surface area contributed by atoms with Gasteiger partial charge in [0.15, 0.2) is 11.5 Å². The minimum absolute atomic E-state index is 0.132. The van der Waals surface area contributed by atoms with Crippen LogP contribution in [0.25, 0.3) is 10.9 Å². The Morgan fingerprint density at radius 3 is 2.26 bits per heavy atom. The molecule has 2 saturated heterocycles. The van der Waals surface area contributed by atoms with Crippen molar-refractivity contribution < 1.29 is 14.3 Å². The highest BCUT2D eigenvalue weighted by atomic mass is 16.7. The van der Waals surface area contributed by atoms with Crippen molar-refractivity contribution in [2.24, 2.45) is 0 Å². The van der Waals surface area contributed by atoms with E-state index in [9.17, 15) is 4.79 Å². The molecule has 3 aromatic carbocycles. The molecule has 0 bridgehead atoms. The number of piperazine rings is 2. The molecule has 0 unspecified atom stereocenters. The van der Waals surface area contributed by atoms with Crippen molar-refractivity contribution in [3.8, 4) is 11.5 Å². The third-order valence-electron chi connectivity index (χ3n) is 10.2. The highest BCUT2D eigenvalue weighted by Crippen LogP contribution is 2.33. The highest BCUT2D eigenvalue weighted by molar-refractivity contribution is 5.94. The number of fused-ring (bicyclic) bond motifs is 2. The molecular formula is C38H47N5O3. The summed E-state index contributed by atoms with van der Waals surface area (Å²) in [5, 5.41) is 4.81. The van der Waals surface area contributed by atoms with Crippen LogP contribution in [0.3, 0.4) is 0 Å². The summed E-state index contributed by atoms with van der Waals surface area (Å²) in [6, 6.07) is 21.4. The minimum Gasteiger partial charge on any atom is -0.454 e. The number of amides is 1. The normalized spacial score (nSPS) is 17.2. The summed E-state index contributed by atoms with van der Waals surface area (Å²) in [6.07, 6.45) is 3.00. The predicted molar refractivity (Wildman–Crippen MR) is 183 cm³/mol. The van der Waals surface area contributed by atoms with Crippen LogP contribution in [0.5, 0.6) is 11.5 Å². The zero-order chi connectivity index (χ0) is 31.5. The molecule has 0 aliphatic carbocycles. The van der Waals surface area contributed by atoms with Crippen molar-refractivity contribution in [3.05, 3.63) is 94.2 Å². The zero-order valence-electron chi connectivity index (χ0n) is 27.4. The number of rotatable bonds is 10. The van der Waals surface area contributed by atoms with E-state index in [1.165, 1.54) is 45.3 Å². The lowest BCUT2D eigenvalue weighted by molar-refractivity contribution is 0.0638. The van der Waals surface area contributed by atoms with Gasteiger partial charge in [-0.3, -0.25) is 9.69 Å². The Hall–Kier alpha value is -3.85. The summed E-state index contributed by atoms with van der Waals surface area (Å²) >= 11 is 0. The second-order valence-corrected chi connectivity index (χ2v) is 13.1. The molecule has 0 atom stereocenters. The van der Waals surface area contributed by atoms with Crippen LogP contribution in [0.4, 0.5) is 0 Å². The van der Waals surface area contributed by atoms with Crippen LogP contribution in [0, 0.1) is 13.8 Å². The maximum atomic E-state index is 13.3. The standard InChI is InChI=1S/C38H47N5O3/c1-28-29(2)43(16-3-15-40-18-13-39-14-19-40)35-10-6-32(25-34(28)35)24-30-4-8-33(9-5-30)38(44)42-22-20-41(21-23-42)17-12-31-7-11-36-37(26-31)46-27-45-36/h4-11,25-26,39H,3,12-24,27H2,1-2H3. The Labute approximate surface area is 272 Å². The number of hydrogen-bond donors (Lipinski definition) is 1. The summed E-state index contributed by atoms with van der Waals surface area (Å²) in [4.78, 5) is 20.3. The molecule has 3 aliphatic heterocycles. The van der Waals surface area contributed by atoms with Gasteiger partial charge in [0.05, 0.1) is 0 Å². The van der Waals surface area contributed by atoms with Crippen LogP contribution >= 0.6 is 0 Å². The molecule has 2 fully saturated rings. The van der Waals surface area contributed by atoms with Crippen LogP contribution in [0.1, 0.15) is 44.7 Å². The number of aryl methyl sites for hydroxylation is 2. The van der Waals surface area contributed by atoms with Crippen molar-refractivity contribution in [1.29, 1.82) is 0 Å². The summed E-state index contributed by atoms with van der Waals surface area (Å²) in [5.74, 6) is 1.80. The van der Waals surface area contributed by atoms with Crippen molar-refractivity contribution in [2.45, 2.75) is 39.7 Å². The maximum absolute atomic E-state index is 13.3. The SMILES string of the molecule is Cc1c(C)n(CCCN2CCNCC2)c2ccc(Cc3ccc(C(=O)N4CCN(CCc5ccc6c(c5)OCO6)CC4)cc3)cc12. The lowest BCUT2D eigenvalue weighted by Gasteiger charge is -2.34. The van der Waals surface area contributed by atoms with Crippen molar-refractivity contribution in [3.63, 3.8) is 0 Å². The van der Waals surface area contributed by atoms with Crippen LogP contribution in [0.2, 0.25) is 0 Å². The number of nitrogens with one attached hydrogen (secondary N) is 1. The number of carbonyl (C=O) groups excluding carboxylic acids is 1. The second-order valence-electron chi connectivity index (χ2n) is 13.1. The molecule has 0 radical (unpaired) electrons. The average molecular weight is 622 g/mol. The Bertz CT molecular complexity index is 1670. The number of hydrogen-bond acceptors (Lipinski definition) is 6. The van der Waals surface area contributed by atoms with E-state index < -0.39 is 0 Å². The molecule has 4 aromatic rings. The van der Waals surface area contributed by atoms with E-state index >= 15 is 0 Å². The third kappa shape index (κ3) is 6.80. The molecule has 3 aliphatic rings. The predicted octanol–water partition coefficient (Wildman–Crippen LogP) is 4.87. The molecule has 1 N–H and O–H groups in total. The van der Waals surface area contributed by atoms with Gasteiger partial charge in [0.25, 0.3) is 5.91 Å². The highest BCUT2D eigenvalue weighted by Gasteiger charge is 2.22. The van der Waals surface area contributed by atoms with Gasteiger partial charge in [0.2, 0.25) is 6.79 Å². The van der Waals surface area contributed by atoms with Crippen LogP contribution in [-0.2, 0) is 19.4 Å². The molecular weight excluding hydrogens is 574 g/mol. The van der Waals surface area contributed by atoms with Crippen molar-refractivity contribution in [2.75, 3.05) is 72.2 Å². The molecule has 1 aromatic heterocycles. The van der Waals surface area contributed by atoms with Gasteiger partial charge in [-0.05, 0) is 98.3 Å². The minimum atomic E-state index is 0.132. The Kier molecular flexibility index (Phi) is 9.28. The number of benzene rings is 3. The average Bonchev–Trinajstić information content (AvgIpc) is 3.66. The van der Waals surface area contributed by atoms with Crippen LogP contribution in [-0.4, -0.2) is 97.4 Å². The molecule has 0 saturated carbocycles. The summed E-state index contributed by atoms with van der Waals surface area (Å²) in [5.41, 5.74) is 8.67. The largest absolute Gasteiger partial charge is 0.454 e. The molecule has 242 valence electrons. The first-order chi connectivity index (χ1) is 22.5. The van der Waals surface area contributed by atoms with E-state index in [-0.39, 0.29) is 5.91 Å². The Morgan fingerprint density at radius 1 is 0.739 bits per heavy atom. The molecule has 1 amide bonds. The quantitative estimate of drug-likeness (QED) is 0.273. The van der Waals surface area contributed by atoms with Gasteiger partial charge >= 0.3 is 0 Å². The van der Waals surface area contributed by atoms with Crippen LogP contribution < -0.4 is 14.8 Å². The topological polar surface area (TPSA) is 62.2 Å². The maximum Gasteiger partial charge on any atom is 0.253 e. The van der Waals surface area contributed by atoms with E-state index in [0.717, 1.165) is 102 Å². The van der Waals surface area contributed by atoms with Crippen molar-refractivity contribution >= 4 is 16.8 Å². The van der Waals surface area contributed by atoms with E-state index in [0.29, 0.717) is 6.79 Å². The Balaban J connectivity index is 0.908. The van der Waals surface area contributed by atoms with E-state index in [1.54, 1.807) is 0 Å². The van der Waals surface area contributed by atoms with Gasteiger partial charge in [-0.15, -0.1) is 0 Å². The first kappa shape index (κ1) is 30.8. The fraction of sp³-hybridized carbons (Fsp3) is 0.447. The lowest BCUT2D eigenvalue weighted by Crippen LogP contribution is -2.49. The van der Waals surface area contributed by atoms with E-state index in [1.807, 2.05) is 23.1 Å². The third-order valence-corrected chi connectivity index (χ3v) is 10.2. The fourth-order valence-electron chi connectivity index (χ4n) is 7.22. The van der Waals surface area contributed by atoms with Crippen LogP contribution in [0.15, 0.2) is 60.7 Å². The number of nitrogens with zero attached hydrogens (tertiary/aromatic N) is 4. The number of aromatic nitrogens is 1. The fourth-order valence-corrected chi connectivity index (χ4v) is 7.22. The molecule has 46 heavy (non-hydrogen) atoms. The lowest BCUT2D eigenvalue weighted by atomic mass is 10.0. The summed E-state index contributed by atoms with van der Waals surface area (Å²) in [6.45, 7) is 15.9. The molecule has 8 heteroatoms. The number of carbonyl (C=O) groups is 1. The first-order valence-corrected chi connectivity index (χ1v) is 17.0. The smallest absolute Gasteiger partial charge is 0.253 e. The molecule has 7 rings (SSSR count). The number of ether oxygens (including phenoxy) is 2. The summed E-state index contributed by atoms with van der Waals surface area (Å²) < 4.78 is 13.5. The molecule has 4 heterocycles. The van der Waals surface area contributed by atoms with E-state index in [2.05, 4.69) is 76.0 Å². The van der Waals surface area contributed by atoms with Gasteiger partial charge in [-0.1, -0.05) is 24.3 Å². The van der Waals surface area contributed by atoms with Gasteiger partial charge in [-0.2, -0.15) is 0 Å². The van der Waals surface area contributed by atoms with Gasteiger partial charge in [0.1, 0.15) is 0 Å². The summed E-state index contributed by atoms with van der Waals surface area (Å²) in [7, 11) is 0. The second kappa shape index (κ2) is 13.9. The van der Waals surface area contributed by atoms with Crippen molar-refractivity contribution in [1.82, 2.24) is 24.6 Å². The first-order valence-electron chi connectivity index (χ1n) is 17.0. The van der Waals surface area contributed by atoms with Gasteiger partial charge in [0, 0.05) is 87.6 Å². The monoisotopic (exact) mass is 621 g/mol. The van der Waals surface area contributed by atoms with Gasteiger partial charge < -0.3 is 29.2 Å². The van der Waals surface area contributed by atoms with E-state index in [4.69, 9.17) is 9.47 Å². The Morgan fingerprint density at radius 2 is 1.46 bits per heavy atom. The molecule has 0 spiro atoms. The van der Waals surface area contributed by atoms with Gasteiger partial charge in [-0.25, -0.2) is 0 Å². The molecule has 8 nitrogen and oxygen atoms in total.